The molecular weight excluding hydrogens is 230 g/mol. The second-order valence-electron chi connectivity index (χ2n) is 5.07. The highest BCUT2D eigenvalue weighted by Crippen LogP contribution is 2.17. The normalized spacial score (nSPS) is 11.7. The largest absolute Gasteiger partial charge is 0.356 e. The Morgan fingerprint density at radius 2 is 2.17 bits per heavy atom. The number of rotatable bonds is 4. The van der Waals surface area contributed by atoms with Gasteiger partial charge in [0.05, 0.1) is 6.42 Å². The molecule has 3 N–H and O–H groups in total. The van der Waals surface area contributed by atoms with Crippen LogP contribution in [0.3, 0.4) is 0 Å². The van der Waals surface area contributed by atoms with Crippen molar-refractivity contribution in [2.45, 2.75) is 25.8 Å². The maximum atomic E-state index is 11.8. The second kappa shape index (κ2) is 4.78. The van der Waals surface area contributed by atoms with Crippen molar-refractivity contribution in [2.75, 3.05) is 6.54 Å². The molecular formula is C13H17N3O2. The summed E-state index contributed by atoms with van der Waals surface area (Å²) in [6.07, 6.45) is 0.201. The Morgan fingerprint density at radius 3 is 2.89 bits per heavy atom. The summed E-state index contributed by atoms with van der Waals surface area (Å²) in [4.78, 5) is 11.8. The SMILES string of the molecule is CC(C)(N)CNC(=O)Cc1noc2ccccc12. The predicted molar refractivity (Wildman–Crippen MR) is 69.0 cm³/mol. The van der Waals surface area contributed by atoms with Crippen LogP contribution in [0.4, 0.5) is 0 Å². The van der Waals surface area contributed by atoms with Gasteiger partial charge >= 0.3 is 0 Å². The molecule has 0 aliphatic rings. The number of hydrogen-bond donors (Lipinski definition) is 2. The van der Waals surface area contributed by atoms with Gasteiger partial charge in [0.15, 0.2) is 5.58 Å². The third kappa shape index (κ3) is 3.07. The van der Waals surface area contributed by atoms with Crippen LogP contribution in [0, 0.1) is 0 Å². The van der Waals surface area contributed by atoms with Crippen molar-refractivity contribution < 1.29 is 9.32 Å². The molecule has 96 valence electrons. The summed E-state index contributed by atoms with van der Waals surface area (Å²) in [7, 11) is 0. The summed E-state index contributed by atoms with van der Waals surface area (Å²) >= 11 is 0. The quantitative estimate of drug-likeness (QED) is 0.851. The van der Waals surface area contributed by atoms with E-state index in [9.17, 15) is 4.79 Å². The van der Waals surface area contributed by atoms with E-state index in [1.54, 1.807) is 0 Å². The predicted octanol–water partition coefficient (Wildman–Crippen LogP) is 1.22. The molecule has 2 rings (SSSR count). The van der Waals surface area contributed by atoms with Crippen LogP contribution in [0.15, 0.2) is 28.8 Å². The minimum Gasteiger partial charge on any atom is -0.356 e. The van der Waals surface area contributed by atoms with E-state index in [1.807, 2.05) is 38.1 Å². The van der Waals surface area contributed by atoms with Crippen LogP contribution in [0.25, 0.3) is 11.0 Å². The average Bonchev–Trinajstić information content (AvgIpc) is 2.70. The number of amides is 1. The van der Waals surface area contributed by atoms with Crippen LogP contribution >= 0.6 is 0 Å². The highest BCUT2D eigenvalue weighted by Gasteiger charge is 2.15. The molecule has 0 radical (unpaired) electrons. The van der Waals surface area contributed by atoms with Gasteiger partial charge in [-0.2, -0.15) is 0 Å². The molecule has 5 nitrogen and oxygen atoms in total. The van der Waals surface area contributed by atoms with E-state index in [1.165, 1.54) is 0 Å². The number of carbonyl (C=O) groups excluding carboxylic acids is 1. The number of fused-ring (bicyclic) bond motifs is 1. The van der Waals surface area contributed by atoms with Crippen molar-refractivity contribution in [3.63, 3.8) is 0 Å². The summed E-state index contributed by atoms with van der Waals surface area (Å²) in [6.45, 7) is 4.15. The van der Waals surface area contributed by atoms with E-state index in [0.29, 0.717) is 17.8 Å². The third-order valence-corrected chi connectivity index (χ3v) is 2.52. The number of nitrogens with zero attached hydrogens (tertiary/aromatic N) is 1. The number of carbonyl (C=O) groups is 1. The number of para-hydroxylation sites is 1. The van der Waals surface area contributed by atoms with Crippen molar-refractivity contribution >= 4 is 16.9 Å². The highest BCUT2D eigenvalue weighted by atomic mass is 16.5. The lowest BCUT2D eigenvalue weighted by Gasteiger charge is -2.18. The molecule has 0 fully saturated rings. The molecule has 0 unspecified atom stereocenters. The fourth-order valence-corrected chi connectivity index (χ4v) is 1.61. The molecule has 18 heavy (non-hydrogen) atoms. The smallest absolute Gasteiger partial charge is 0.226 e. The highest BCUT2D eigenvalue weighted by molar-refractivity contribution is 5.86. The summed E-state index contributed by atoms with van der Waals surface area (Å²) < 4.78 is 5.14. The van der Waals surface area contributed by atoms with Crippen molar-refractivity contribution in [3.8, 4) is 0 Å². The Kier molecular flexibility index (Phi) is 3.34. The van der Waals surface area contributed by atoms with Crippen LogP contribution in [0.5, 0.6) is 0 Å². The van der Waals surface area contributed by atoms with Gasteiger partial charge in [0.25, 0.3) is 0 Å². The molecule has 1 amide bonds. The molecule has 0 bridgehead atoms. The van der Waals surface area contributed by atoms with Gasteiger partial charge in [0.2, 0.25) is 5.91 Å². The van der Waals surface area contributed by atoms with E-state index in [0.717, 1.165) is 5.39 Å². The Balaban J connectivity index is 2.03. The first-order chi connectivity index (χ1) is 8.46. The maximum absolute atomic E-state index is 11.8. The van der Waals surface area contributed by atoms with Gasteiger partial charge in [-0.3, -0.25) is 4.79 Å². The van der Waals surface area contributed by atoms with E-state index < -0.39 is 5.54 Å². The molecule has 1 heterocycles. The molecule has 0 aliphatic heterocycles. The van der Waals surface area contributed by atoms with E-state index in [2.05, 4.69) is 10.5 Å². The lowest BCUT2D eigenvalue weighted by molar-refractivity contribution is -0.120. The molecule has 0 saturated heterocycles. The minimum absolute atomic E-state index is 0.104. The van der Waals surface area contributed by atoms with Crippen LogP contribution < -0.4 is 11.1 Å². The number of nitrogens with two attached hydrogens (primary N) is 1. The maximum Gasteiger partial charge on any atom is 0.226 e. The summed E-state index contributed by atoms with van der Waals surface area (Å²) in [5, 5.41) is 7.57. The average molecular weight is 247 g/mol. The second-order valence-corrected chi connectivity index (χ2v) is 5.07. The lowest BCUT2D eigenvalue weighted by Crippen LogP contribution is -2.45. The van der Waals surface area contributed by atoms with Crippen molar-refractivity contribution in [3.05, 3.63) is 30.0 Å². The molecule has 1 aromatic carbocycles. The number of nitrogens with one attached hydrogen (secondary N) is 1. The molecule has 0 aliphatic carbocycles. The van der Waals surface area contributed by atoms with E-state index >= 15 is 0 Å². The van der Waals surface area contributed by atoms with Crippen molar-refractivity contribution in [2.24, 2.45) is 5.73 Å². The van der Waals surface area contributed by atoms with Gasteiger partial charge in [0, 0.05) is 17.5 Å². The monoisotopic (exact) mass is 247 g/mol. The molecule has 2 aromatic rings. The molecule has 0 atom stereocenters. The number of aromatic nitrogens is 1. The van der Waals surface area contributed by atoms with Crippen LogP contribution in [-0.2, 0) is 11.2 Å². The first-order valence-electron chi connectivity index (χ1n) is 5.84. The molecule has 0 saturated carbocycles. The zero-order valence-electron chi connectivity index (χ0n) is 10.6. The number of benzene rings is 1. The Labute approximate surface area is 105 Å². The van der Waals surface area contributed by atoms with Gasteiger partial charge in [-0.1, -0.05) is 17.3 Å². The molecule has 5 heteroatoms. The van der Waals surface area contributed by atoms with Crippen LogP contribution in [0.2, 0.25) is 0 Å². The van der Waals surface area contributed by atoms with Gasteiger partial charge in [-0.05, 0) is 26.0 Å². The molecule has 1 aromatic heterocycles. The topological polar surface area (TPSA) is 81.1 Å². The van der Waals surface area contributed by atoms with Gasteiger partial charge in [0.1, 0.15) is 5.69 Å². The van der Waals surface area contributed by atoms with E-state index in [-0.39, 0.29) is 12.3 Å². The van der Waals surface area contributed by atoms with Crippen LogP contribution in [0.1, 0.15) is 19.5 Å². The number of hydrogen-bond acceptors (Lipinski definition) is 4. The first kappa shape index (κ1) is 12.6. The standard InChI is InChI=1S/C13H17N3O2/c1-13(2,14)8-15-12(17)7-10-9-5-3-4-6-11(9)18-16-10/h3-6H,7-8,14H2,1-2H3,(H,15,17). The summed E-state index contributed by atoms with van der Waals surface area (Å²) in [5.41, 5.74) is 6.73. The minimum atomic E-state index is -0.415. The fourth-order valence-electron chi connectivity index (χ4n) is 1.61. The first-order valence-corrected chi connectivity index (χ1v) is 5.84. The summed E-state index contributed by atoms with van der Waals surface area (Å²) in [5.74, 6) is -0.104. The van der Waals surface area contributed by atoms with E-state index in [4.69, 9.17) is 10.3 Å². The lowest BCUT2D eigenvalue weighted by atomic mass is 10.1. The summed E-state index contributed by atoms with van der Waals surface area (Å²) in [6, 6.07) is 7.48. The third-order valence-electron chi connectivity index (χ3n) is 2.52. The van der Waals surface area contributed by atoms with Crippen molar-refractivity contribution in [1.82, 2.24) is 10.5 Å². The Morgan fingerprint density at radius 1 is 1.44 bits per heavy atom. The Hall–Kier alpha value is -1.88. The fraction of sp³-hybridized carbons (Fsp3) is 0.385. The molecule has 0 spiro atoms. The van der Waals surface area contributed by atoms with Gasteiger partial charge in [-0.25, -0.2) is 0 Å². The Bertz CT molecular complexity index is 555. The van der Waals surface area contributed by atoms with Gasteiger partial charge in [-0.15, -0.1) is 0 Å². The zero-order chi connectivity index (χ0) is 13.2. The van der Waals surface area contributed by atoms with Crippen LogP contribution in [-0.4, -0.2) is 23.1 Å². The zero-order valence-corrected chi connectivity index (χ0v) is 10.6. The van der Waals surface area contributed by atoms with Crippen molar-refractivity contribution in [1.29, 1.82) is 0 Å². The van der Waals surface area contributed by atoms with Gasteiger partial charge < -0.3 is 15.6 Å².